The fraction of sp³-hybridized carbons (Fsp3) is 0.600. The molecular formula is C15H24N2O2S2. The molecule has 4 nitrogen and oxygen atoms in total. The molecule has 1 heterocycles. The number of benzene rings is 1. The first-order chi connectivity index (χ1) is 9.88. The fourth-order valence-electron chi connectivity index (χ4n) is 2.72. The molecule has 0 aliphatic carbocycles. The lowest BCUT2D eigenvalue weighted by atomic mass is 10.1. The van der Waals surface area contributed by atoms with Gasteiger partial charge in [-0.1, -0.05) is 32.9 Å². The van der Waals surface area contributed by atoms with Gasteiger partial charge in [0.1, 0.15) is 0 Å². The van der Waals surface area contributed by atoms with E-state index < -0.39 is 10.0 Å². The van der Waals surface area contributed by atoms with Gasteiger partial charge in [0.25, 0.3) is 0 Å². The van der Waals surface area contributed by atoms with Gasteiger partial charge in [-0.3, -0.25) is 0 Å². The highest BCUT2D eigenvalue weighted by Gasteiger charge is 2.33. The molecule has 0 amide bonds. The van der Waals surface area contributed by atoms with Crippen molar-refractivity contribution in [2.24, 2.45) is 5.73 Å². The highest BCUT2D eigenvalue weighted by atomic mass is 32.2. The smallest absolute Gasteiger partial charge is 0.243 e. The zero-order chi connectivity index (χ0) is 15.6. The molecule has 0 spiro atoms. The van der Waals surface area contributed by atoms with Crippen molar-refractivity contribution in [1.82, 2.24) is 4.31 Å². The van der Waals surface area contributed by atoms with Crippen LogP contribution in [0.2, 0.25) is 0 Å². The Kier molecular flexibility index (Phi) is 5.35. The Morgan fingerprint density at radius 1 is 1.29 bits per heavy atom. The van der Waals surface area contributed by atoms with E-state index in [0.29, 0.717) is 41.5 Å². The number of hydrogen-bond acceptors (Lipinski definition) is 4. The molecular weight excluding hydrogens is 304 g/mol. The third-order valence-corrected chi connectivity index (χ3v) is 6.89. The van der Waals surface area contributed by atoms with Crippen LogP contribution in [0.25, 0.3) is 0 Å². The van der Waals surface area contributed by atoms with E-state index in [2.05, 4.69) is 13.8 Å². The van der Waals surface area contributed by atoms with E-state index in [1.807, 2.05) is 30.8 Å². The van der Waals surface area contributed by atoms with E-state index in [4.69, 9.17) is 5.73 Å². The summed E-state index contributed by atoms with van der Waals surface area (Å²) in [6.07, 6.45) is 0.701. The topological polar surface area (TPSA) is 63.4 Å². The molecule has 21 heavy (non-hydrogen) atoms. The molecule has 1 fully saturated rings. The molecule has 0 radical (unpaired) electrons. The molecule has 2 rings (SSSR count). The summed E-state index contributed by atoms with van der Waals surface area (Å²) in [5.41, 5.74) is 7.39. The Morgan fingerprint density at radius 3 is 2.43 bits per heavy atom. The minimum absolute atomic E-state index is 0.325. The minimum Gasteiger partial charge on any atom is -0.326 e. The van der Waals surface area contributed by atoms with E-state index in [1.165, 1.54) is 0 Å². The number of aryl methyl sites for hydroxylation is 1. The van der Waals surface area contributed by atoms with Crippen LogP contribution in [-0.2, 0) is 23.0 Å². The first-order valence-electron chi connectivity index (χ1n) is 7.36. The van der Waals surface area contributed by atoms with E-state index >= 15 is 0 Å². The van der Waals surface area contributed by atoms with E-state index in [9.17, 15) is 8.42 Å². The third kappa shape index (κ3) is 3.62. The Hall–Kier alpha value is -0.560. The molecule has 0 aromatic heterocycles. The molecule has 2 atom stereocenters. The lowest BCUT2D eigenvalue weighted by Gasteiger charge is -2.34. The van der Waals surface area contributed by atoms with Crippen LogP contribution in [0.5, 0.6) is 0 Å². The molecule has 1 aromatic rings. The van der Waals surface area contributed by atoms with E-state index in [0.717, 1.165) is 11.1 Å². The predicted molar refractivity (Wildman–Crippen MR) is 89.0 cm³/mol. The lowest BCUT2D eigenvalue weighted by molar-refractivity contribution is 0.404. The second-order valence-corrected chi connectivity index (χ2v) is 9.37. The van der Waals surface area contributed by atoms with Crippen LogP contribution in [-0.4, -0.2) is 36.3 Å². The summed E-state index contributed by atoms with van der Waals surface area (Å²) in [6.45, 7) is 7.66. The normalized spacial score (nSPS) is 24.2. The molecule has 0 bridgehead atoms. The zero-order valence-electron chi connectivity index (χ0n) is 12.9. The van der Waals surface area contributed by atoms with Crippen LogP contribution in [0.15, 0.2) is 23.1 Å². The van der Waals surface area contributed by atoms with Gasteiger partial charge in [-0.25, -0.2) is 8.42 Å². The number of nitrogens with two attached hydrogens (primary N) is 1. The highest BCUT2D eigenvalue weighted by molar-refractivity contribution is 8.00. The van der Waals surface area contributed by atoms with E-state index in [-0.39, 0.29) is 0 Å². The van der Waals surface area contributed by atoms with Crippen molar-refractivity contribution in [3.8, 4) is 0 Å². The van der Waals surface area contributed by atoms with Crippen LogP contribution < -0.4 is 5.73 Å². The average molecular weight is 329 g/mol. The predicted octanol–water partition coefficient (Wildman–Crippen LogP) is 2.22. The first-order valence-corrected chi connectivity index (χ1v) is 9.74. The van der Waals surface area contributed by atoms with Crippen molar-refractivity contribution < 1.29 is 8.42 Å². The van der Waals surface area contributed by atoms with Gasteiger partial charge in [0.2, 0.25) is 10.0 Å². The minimum atomic E-state index is -3.44. The van der Waals surface area contributed by atoms with Gasteiger partial charge < -0.3 is 5.73 Å². The molecule has 1 aliphatic heterocycles. The first kappa shape index (κ1) is 16.8. The maximum atomic E-state index is 13.0. The molecule has 1 aliphatic rings. The summed E-state index contributed by atoms with van der Waals surface area (Å²) in [5.74, 6) is 0. The molecule has 1 aromatic carbocycles. The Morgan fingerprint density at radius 2 is 1.90 bits per heavy atom. The second kappa shape index (κ2) is 6.69. The van der Waals surface area contributed by atoms with Crippen molar-refractivity contribution in [2.45, 2.75) is 49.1 Å². The van der Waals surface area contributed by atoms with Crippen molar-refractivity contribution in [1.29, 1.82) is 0 Å². The van der Waals surface area contributed by atoms with Crippen LogP contribution in [0.4, 0.5) is 0 Å². The van der Waals surface area contributed by atoms with Gasteiger partial charge >= 0.3 is 0 Å². The van der Waals surface area contributed by atoms with E-state index in [1.54, 1.807) is 10.4 Å². The van der Waals surface area contributed by atoms with Gasteiger partial charge in [0, 0.05) is 30.1 Å². The summed E-state index contributed by atoms with van der Waals surface area (Å²) >= 11 is 1.85. The van der Waals surface area contributed by atoms with Crippen molar-refractivity contribution in [2.75, 3.05) is 13.1 Å². The SMILES string of the molecule is CCc1ccc(CN)cc1S(=O)(=O)N1CC(C)SC(C)C1. The molecule has 0 saturated carbocycles. The molecule has 1 saturated heterocycles. The molecule has 2 N–H and O–H groups in total. The zero-order valence-corrected chi connectivity index (χ0v) is 14.5. The van der Waals surface area contributed by atoms with Crippen LogP contribution in [0.1, 0.15) is 31.9 Å². The largest absolute Gasteiger partial charge is 0.326 e. The maximum absolute atomic E-state index is 13.0. The standard InChI is InChI=1S/C15H24N2O2S2/c1-4-14-6-5-13(8-16)7-15(14)21(18,19)17-9-11(2)20-12(3)10-17/h5-7,11-12H,4,8-10,16H2,1-3H3. The fourth-order valence-corrected chi connectivity index (χ4v) is 6.20. The third-order valence-electron chi connectivity index (χ3n) is 3.75. The maximum Gasteiger partial charge on any atom is 0.243 e. The van der Waals surface area contributed by atoms with Gasteiger partial charge in [0.05, 0.1) is 4.90 Å². The number of rotatable bonds is 4. The lowest BCUT2D eigenvalue weighted by Crippen LogP contribution is -2.44. The van der Waals surface area contributed by atoms with Crippen molar-refractivity contribution >= 4 is 21.8 Å². The number of thioether (sulfide) groups is 1. The number of nitrogens with zero attached hydrogens (tertiary/aromatic N) is 1. The van der Waals surface area contributed by atoms with Crippen molar-refractivity contribution in [3.05, 3.63) is 29.3 Å². The Balaban J connectivity index is 2.43. The molecule has 118 valence electrons. The van der Waals surface area contributed by atoms with Gasteiger partial charge in [-0.15, -0.1) is 0 Å². The number of sulfonamides is 1. The van der Waals surface area contributed by atoms with Crippen molar-refractivity contribution in [3.63, 3.8) is 0 Å². The Labute approximate surface area is 132 Å². The summed E-state index contributed by atoms with van der Waals surface area (Å²) in [4.78, 5) is 0.430. The van der Waals surface area contributed by atoms with Crippen LogP contribution >= 0.6 is 11.8 Å². The van der Waals surface area contributed by atoms with Crippen LogP contribution in [0, 0.1) is 0 Å². The second-order valence-electron chi connectivity index (χ2n) is 5.58. The molecule has 6 heteroatoms. The summed E-state index contributed by atoms with van der Waals surface area (Å²) in [7, 11) is -3.44. The van der Waals surface area contributed by atoms with Gasteiger partial charge in [-0.2, -0.15) is 16.1 Å². The quantitative estimate of drug-likeness (QED) is 0.920. The summed E-state index contributed by atoms with van der Waals surface area (Å²) < 4.78 is 27.6. The Bertz CT molecular complexity index is 592. The summed E-state index contributed by atoms with van der Waals surface area (Å²) in [6, 6.07) is 5.54. The summed E-state index contributed by atoms with van der Waals surface area (Å²) in [5, 5.41) is 0.651. The van der Waals surface area contributed by atoms with Gasteiger partial charge in [-0.05, 0) is 23.6 Å². The molecule has 2 unspecified atom stereocenters. The number of hydrogen-bond donors (Lipinski definition) is 1. The highest BCUT2D eigenvalue weighted by Crippen LogP contribution is 2.30. The monoisotopic (exact) mass is 328 g/mol. The van der Waals surface area contributed by atoms with Crippen LogP contribution in [0.3, 0.4) is 0 Å². The average Bonchev–Trinajstić information content (AvgIpc) is 2.45. The van der Waals surface area contributed by atoms with Gasteiger partial charge in [0.15, 0.2) is 0 Å².